The molecule has 0 saturated carbocycles. The Hall–Kier alpha value is -4.50. The average Bonchev–Trinajstić information content (AvgIpc) is 3.33. The fourth-order valence-electron chi connectivity index (χ4n) is 5.57. The van der Waals surface area contributed by atoms with Crippen LogP contribution in [0, 0.1) is 31.8 Å². The summed E-state index contributed by atoms with van der Waals surface area (Å²) in [5.41, 5.74) is 4.61. The molecule has 1 aliphatic rings. The number of ether oxygens (including phenoxy) is 1. The molecule has 0 atom stereocenters. The summed E-state index contributed by atoms with van der Waals surface area (Å²) in [5, 5.41) is 9.76. The maximum Gasteiger partial charge on any atom is 0.410 e. The van der Waals surface area contributed by atoms with E-state index in [0.29, 0.717) is 51.6 Å². The molecule has 2 amide bonds. The predicted octanol–water partition coefficient (Wildman–Crippen LogP) is 6.62. The van der Waals surface area contributed by atoms with Crippen molar-refractivity contribution < 1.29 is 14.3 Å². The van der Waals surface area contributed by atoms with Crippen LogP contribution in [0.5, 0.6) is 0 Å². The van der Waals surface area contributed by atoms with Crippen LogP contribution in [0.4, 0.5) is 10.5 Å². The molecule has 2 aromatic rings. The largest absolute Gasteiger partial charge is 0.444 e. The minimum absolute atomic E-state index is 0.0426. The average molecular weight is 599 g/mol. The van der Waals surface area contributed by atoms with Crippen molar-refractivity contribution in [1.82, 2.24) is 14.7 Å². The van der Waals surface area contributed by atoms with E-state index in [4.69, 9.17) is 11.3 Å². The second-order valence-corrected chi connectivity index (χ2v) is 12.3. The quantitative estimate of drug-likeness (QED) is 0.213. The molecular formula is C35H46N6O3. The van der Waals surface area contributed by atoms with Gasteiger partial charge in [0.15, 0.2) is 0 Å². The van der Waals surface area contributed by atoms with Gasteiger partial charge in [-0.05, 0) is 71.2 Å². The zero-order chi connectivity index (χ0) is 32.4. The van der Waals surface area contributed by atoms with Gasteiger partial charge in [-0.25, -0.2) is 14.9 Å². The van der Waals surface area contributed by atoms with Crippen molar-refractivity contribution >= 4 is 17.7 Å². The fourth-order valence-corrected chi connectivity index (χ4v) is 5.57. The molecule has 0 aliphatic carbocycles. The topological polar surface area (TPSA) is 84.5 Å². The van der Waals surface area contributed by atoms with Crippen LogP contribution in [-0.2, 0) is 22.6 Å². The Morgan fingerprint density at radius 2 is 1.73 bits per heavy atom. The second-order valence-electron chi connectivity index (χ2n) is 12.3. The predicted molar refractivity (Wildman–Crippen MR) is 173 cm³/mol. The summed E-state index contributed by atoms with van der Waals surface area (Å²) in [5.74, 6) is 0.549. The highest BCUT2D eigenvalue weighted by molar-refractivity contribution is 5.93. The SMILES string of the molecule is [C-]#[N+]C(C#N)=C1N(CCC(=O)N(CC)c2cccc(CN(CCC)C(=O)OC(C)(C)C)c2)CCN1Cc1cc(C)cc(C)c1. The summed E-state index contributed by atoms with van der Waals surface area (Å²) >= 11 is 0. The van der Waals surface area contributed by atoms with Gasteiger partial charge >= 0.3 is 11.8 Å². The fraction of sp³-hybridized carbons (Fsp3) is 0.486. The van der Waals surface area contributed by atoms with Crippen molar-refractivity contribution in [2.24, 2.45) is 0 Å². The van der Waals surface area contributed by atoms with Gasteiger partial charge in [-0.2, -0.15) is 0 Å². The van der Waals surface area contributed by atoms with Crippen LogP contribution in [0.3, 0.4) is 0 Å². The van der Waals surface area contributed by atoms with Gasteiger partial charge in [-0.3, -0.25) is 4.79 Å². The minimum atomic E-state index is -0.583. The minimum Gasteiger partial charge on any atom is -0.444 e. The molecule has 0 bridgehead atoms. The highest BCUT2D eigenvalue weighted by Crippen LogP contribution is 2.27. The third kappa shape index (κ3) is 9.25. The van der Waals surface area contributed by atoms with Gasteiger partial charge in [0.2, 0.25) is 5.91 Å². The van der Waals surface area contributed by atoms with Crippen molar-refractivity contribution in [3.8, 4) is 6.07 Å². The lowest BCUT2D eigenvalue weighted by Crippen LogP contribution is -2.37. The molecule has 1 aliphatic heterocycles. The van der Waals surface area contributed by atoms with Crippen molar-refractivity contribution in [2.45, 2.75) is 80.0 Å². The van der Waals surface area contributed by atoms with E-state index in [0.717, 1.165) is 23.2 Å². The Labute approximate surface area is 263 Å². The van der Waals surface area contributed by atoms with Crippen LogP contribution >= 0.6 is 0 Å². The van der Waals surface area contributed by atoms with E-state index in [1.54, 1.807) is 9.80 Å². The summed E-state index contributed by atoms with van der Waals surface area (Å²) in [6, 6.07) is 16.2. The molecule has 44 heavy (non-hydrogen) atoms. The van der Waals surface area contributed by atoms with E-state index in [1.165, 1.54) is 11.1 Å². The summed E-state index contributed by atoms with van der Waals surface area (Å²) in [7, 11) is 0. The molecule has 0 N–H and O–H groups in total. The molecule has 234 valence electrons. The third-order valence-corrected chi connectivity index (χ3v) is 7.28. The first-order valence-corrected chi connectivity index (χ1v) is 15.3. The van der Waals surface area contributed by atoms with Gasteiger partial charge in [-0.1, -0.05) is 48.4 Å². The zero-order valence-electron chi connectivity index (χ0n) is 27.3. The highest BCUT2D eigenvalue weighted by Gasteiger charge is 2.29. The Kier molecular flexibility index (Phi) is 11.8. The molecule has 2 aromatic carbocycles. The molecule has 0 radical (unpaired) electrons. The Morgan fingerprint density at radius 3 is 2.32 bits per heavy atom. The van der Waals surface area contributed by atoms with Gasteiger partial charge in [0.25, 0.3) is 0 Å². The Bertz CT molecular complexity index is 1410. The Balaban J connectivity index is 1.73. The molecule has 0 unspecified atom stereocenters. The van der Waals surface area contributed by atoms with E-state index in [1.807, 2.05) is 63.8 Å². The van der Waals surface area contributed by atoms with Crippen molar-refractivity contribution in [2.75, 3.05) is 37.6 Å². The van der Waals surface area contributed by atoms with Gasteiger partial charge < -0.3 is 24.3 Å². The number of allylic oxidation sites excluding steroid dienone is 1. The number of hydrogen-bond acceptors (Lipinski definition) is 6. The number of carbonyl (C=O) groups is 2. The monoisotopic (exact) mass is 598 g/mol. The van der Waals surface area contributed by atoms with Crippen LogP contribution in [0.2, 0.25) is 0 Å². The smallest absolute Gasteiger partial charge is 0.410 e. The normalized spacial score (nSPS) is 14.1. The number of nitriles is 1. The van der Waals surface area contributed by atoms with Crippen LogP contribution < -0.4 is 4.90 Å². The first-order chi connectivity index (χ1) is 20.9. The third-order valence-electron chi connectivity index (χ3n) is 7.28. The molecule has 1 fully saturated rings. The van der Waals surface area contributed by atoms with E-state index in [-0.39, 0.29) is 24.1 Å². The van der Waals surface area contributed by atoms with Crippen molar-refractivity contribution in [1.29, 1.82) is 5.26 Å². The summed E-state index contributed by atoms with van der Waals surface area (Å²) < 4.78 is 5.61. The van der Waals surface area contributed by atoms with Gasteiger partial charge in [0.1, 0.15) is 11.4 Å². The number of anilines is 1. The molecule has 0 spiro atoms. The number of benzene rings is 2. The molecular weight excluding hydrogens is 552 g/mol. The number of carbonyl (C=O) groups excluding carboxylic acids is 2. The summed E-state index contributed by atoms with van der Waals surface area (Å²) in [6.07, 6.45) is 0.676. The van der Waals surface area contributed by atoms with E-state index in [2.05, 4.69) is 47.9 Å². The molecule has 9 nitrogen and oxygen atoms in total. The maximum absolute atomic E-state index is 13.6. The number of rotatable bonds is 11. The number of amides is 2. The van der Waals surface area contributed by atoms with Gasteiger partial charge in [0, 0.05) is 57.9 Å². The van der Waals surface area contributed by atoms with Gasteiger partial charge in [0.05, 0.1) is 12.6 Å². The Morgan fingerprint density at radius 1 is 1.05 bits per heavy atom. The van der Waals surface area contributed by atoms with Crippen molar-refractivity contribution in [3.05, 3.63) is 87.7 Å². The lowest BCUT2D eigenvalue weighted by atomic mass is 10.1. The van der Waals surface area contributed by atoms with Crippen LogP contribution in [0.1, 0.15) is 69.7 Å². The molecule has 0 aromatic heterocycles. The summed E-state index contributed by atoms with van der Waals surface area (Å²) in [4.78, 5) is 37.4. The lowest BCUT2D eigenvalue weighted by Gasteiger charge is -2.28. The lowest BCUT2D eigenvalue weighted by molar-refractivity contribution is -0.118. The van der Waals surface area contributed by atoms with Crippen LogP contribution in [-0.4, -0.2) is 65.0 Å². The molecule has 1 heterocycles. The first kappa shape index (κ1) is 34.0. The number of aryl methyl sites for hydroxylation is 2. The van der Waals surface area contributed by atoms with Crippen molar-refractivity contribution in [3.63, 3.8) is 0 Å². The van der Waals surface area contributed by atoms with E-state index in [9.17, 15) is 14.9 Å². The van der Waals surface area contributed by atoms with Crippen LogP contribution in [0.15, 0.2) is 54.0 Å². The highest BCUT2D eigenvalue weighted by atomic mass is 16.6. The molecule has 9 heteroatoms. The number of hydrogen-bond donors (Lipinski definition) is 0. The van der Waals surface area contributed by atoms with E-state index < -0.39 is 5.60 Å². The summed E-state index contributed by atoms with van der Waals surface area (Å²) in [6.45, 7) is 25.0. The standard InChI is InChI=1S/C35H46N6O3/c1-9-15-40(34(43)44-35(5,6)7)24-28-12-11-13-30(22-28)41(10-2)32(42)14-16-38-17-18-39(33(38)31(23-36)37-8)25-29-20-26(3)19-27(4)21-29/h11-13,19-22H,9-10,14-18,24-25H2,1-7H3. The maximum atomic E-state index is 13.6. The molecule has 3 rings (SSSR count). The molecule has 1 saturated heterocycles. The zero-order valence-corrected chi connectivity index (χ0v) is 27.3. The second kappa shape index (κ2) is 15.3. The van der Waals surface area contributed by atoms with Gasteiger partial charge in [-0.15, -0.1) is 0 Å². The number of nitrogens with zero attached hydrogens (tertiary/aromatic N) is 6. The van der Waals surface area contributed by atoms with Crippen LogP contribution in [0.25, 0.3) is 4.85 Å². The van der Waals surface area contributed by atoms with E-state index >= 15 is 0 Å². The first-order valence-electron chi connectivity index (χ1n) is 15.3.